The van der Waals surface area contributed by atoms with Gasteiger partial charge in [-0.1, -0.05) is 31.4 Å². The molecule has 0 radical (unpaired) electrons. The molecule has 0 saturated heterocycles. The molecule has 3 heterocycles. The number of hydrogen-bond donors (Lipinski definition) is 1. The molecule has 0 aliphatic heterocycles. The molecule has 11 heteroatoms. The number of ether oxygens (including phenoxy) is 1. The molecule has 1 N–H and O–H groups in total. The van der Waals surface area contributed by atoms with Gasteiger partial charge in [-0.3, -0.25) is 14.3 Å². The van der Waals surface area contributed by atoms with Gasteiger partial charge in [0.1, 0.15) is 23.6 Å². The molecule has 1 fully saturated rings. The van der Waals surface area contributed by atoms with Crippen LogP contribution in [-0.2, 0) is 11.3 Å². The molecule has 5 rings (SSSR count). The molecular weight excluding hydrogens is 506 g/mol. The number of halogens is 1. The molecule has 0 unspecified atom stereocenters. The summed E-state index contributed by atoms with van der Waals surface area (Å²) in [6.45, 7) is 2.85. The lowest BCUT2D eigenvalue weighted by Crippen LogP contribution is -2.41. The second-order valence-corrected chi connectivity index (χ2v) is 9.80. The van der Waals surface area contributed by atoms with E-state index in [1.54, 1.807) is 54.6 Å². The fourth-order valence-corrected chi connectivity index (χ4v) is 5.20. The van der Waals surface area contributed by atoms with Gasteiger partial charge < -0.3 is 15.0 Å². The Kier molecular flexibility index (Phi) is 7.59. The van der Waals surface area contributed by atoms with Crippen LogP contribution in [0.25, 0.3) is 16.9 Å². The SMILES string of the molecule is CCCN(C(=O)Cn1cc(NC(=O)c2cnn3cccnc23)c(-c2cc(Cl)ccc2OC)n1)C1CCCC1. The molecule has 4 aromatic rings. The Balaban J connectivity index is 1.49. The fraction of sp³-hybridized carbons (Fsp3) is 0.370. The minimum absolute atomic E-state index is 0.00978. The topological polar surface area (TPSA) is 107 Å². The average Bonchev–Trinajstić information content (AvgIpc) is 3.67. The van der Waals surface area contributed by atoms with Gasteiger partial charge in [-0.15, -0.1) is 0 Å². The molecule has 3 aromatic heterocycles. The van der Waals surface area contributed by atoms with Crippen molar-refractivity contribution in [2.75, 3.05) is 19.0 Å². The van der Waals surface area contributed by atoms with Gasteiger partial charge in [0.25, 0.3) is 5.91 Å². The molecule has 0 bridgehead atoms. The van der Waals surface area contributed by atoms with Crippen LogP contribution in [0.3, 0.4) is 0 Å². The number of fused-ring (bicyclic) bond motifs is 1. The van der Waals surface area contributed by atoms with Gasteiger partial charge in [0.15, 0.2) is 5.65 Å². The molecule has 1 aromatic carbocycles. The van der Waals surface area contributed by atoms with E-state index in [9.17, 15) is 9.59 Å². The van der Waals surface area contributed by atoms with Gasteiger partial charge in [0.05, 0.1) is 19.0 Å². The number of benzene rings is 1. The van der Waals surface area contributed by atoms with Crippen LogP contribution in [-0.4, -0.2) is 60.8 Å². The highest BCUT2D eigenvalue weighted by atomic mass is 35.5. The summed E-state index contributed by atoms with van der Waals surface area (Å²) in [5.74, 6) is 0.152. The van der Waals surface area contributed by atoms with Crippen LogP contribution in [0.2, 0.25) is 5.02 Å². The van der Waals surface area contributed by atoms with E-state index in [4.69, 9.17) is 21.4 Å². The van der Waals surface area contributed by atoms with Crippen molar-refractivity contribution in [3.05, 3.63) is 59.6 Å². The zero-order valence-electron chi connectivity index (χ0n) is 21.4. The standard InChI is InChI=1S/C27H30ClN7O3/c1-3-12-34(19-7-4-5-8-19)24(36)17-33-16-22(25(32-33)20-14-18(28)9-10-23(20)38-2)31-27(37)21-15-30-35-13-6-11-29-26(21)35/h6,9-11,13-16,19H,3-5,7-8,12,17H2,1-2H3,(H,31,37). The van der Waals surface area contributed by atoms with Crippen molar-refractivity contribution in [3.8, 4) is 17.0 Å². The second kappa shape index (κ2) is 11.2. The first kappa shape index (κ1) is 25.7. The Hall–Kier alpha value is -3.92. The van der Waals surface area contributed by atoms with Gasteiger partial charge in [0, 0.05) is 41.8 Å². The van der Waals surface area contributed by atoms with Gasteiger partial charge in [-0.05, 0) is 43.5 Å². The number of nitrogens with zero attached hydrogens (tertiary/aromatic N) is 6. The molecule has 2 amide bonds. The van der Waals surface area contributed by atoms with E-state index >= 15 is 0 Å². The zero-order chi connectivity index (χ0) is 26.6. The third-order valence-corrected chi connectivity index (χ3v) is 7.03. The first-order valence-corrected chi connectivity index (χ1v) is 13.2. The van der Waals surface area contributed by atoms with Crippen molar-refractivity contribution in [2.24, 2.45) is 0 Å². The van der Waals surface area contributed by atoms with E-state index in [0.717, 1.165) is 32.1 Å². The van der Waals surface area contributed by atoms with Crippen LogP contribution in [0.15, 0.2) is 49.1 Å². The molecule has 1 aliphatic carbocycles. The molecule has 38 heavy (non-hydrogen) atoms. The maximum atomic E-state index is 13.4. The summed E-state index contributed by atoms with van der Waals surface area (Å²) in [7, 11) is 1.56. The van der Waals surface area contributed by atoms with Crippen molar-refractivity contribution in [1.82, 2.24) is 29.3 Å². The lowest BCUT2D eigenvalue weighted by atomic mass is 10.1. The summed E-state index contributed by atoms with van der Waals surface area (Å²) in [5, 5.41) is 12.4. The minimum atomic E-state index is -0.398. The van der Waals surface area contributed by atoms with Crippen molar-refractivity contribution >= 4 is 34.7 Å². The molecule has 1 saturated carbocycles. The summed E-state index contributed by atoms with van der Waals surface area (Å²) in [5.41, 5.74) is 2.20. The van der Waals surface area contributed by atoms with Crippen molar-refractivity contribution in [1.29, 1.82) is 0 Å². The van der Waals surface area contributed by atoms with Crippen LogP contribution in [0.1, 0.15) is 49.4 Å². The lowest BCUT2D eigenvalue weighted by molar-refractivity contribution is -0.134. The number of aromatic nitrogens is 5. The Morgan fingerprint density at radius 2 is 2.08 bits per heavy atom. The van der Waals surface area contributed by atoms with Crippen LogP contribution >= 0.6 is 11.6 Å². The maximum absolute atomic E-state index is 13.4. The quantitative estimate of drug-likeness (QED) is 0.333. The molecule has 0 spiro atoms. The summed E-state index contributed by atoms with van der Waals surface area (Å²) in [4.78, 5) is 33.0. The summed E-state index contributed by atoms with van der Waals surface area (Å²) in [6, 6.07) is 7.19. The van der Waals surface area contributed by atoms with Crippen LogP contribution in [0.4, 0.5) is 5.69 Å². The van der Waals surface area contributed by atoms with Crippen LogP contribution in [0.5, 0.6) is 5.75 Å². The molecular formula is C27H30ClN7O3. The predicted octanol–water partition coefficient (Wildman–Crippen LogP) is 4.69. The highest BCUT2D eigenvalue weighted by Gasteiger charge is 2.27. The van der Waals surface area contributed by atoms with E-state index < -0.39 is 5.91 Å². The van der Waals surface area contributed by atoms with E-state index in [1.807, 2.05) is 4.90 Å². The molecule has 198 valence electrons. The van der Waals surface area contributed by atoms with E-state index in [2.05, 4.69) is 22.3 Å². The number of carbonyl (C=O) groups is 2. The van der Waals surface area contributed by atoms with Gasteiger partial charge in [0.2, 0.25) is 5.91 Å². The maximum Gasteiger partial charge on any atom is 0.261 e. The van der Waals surface area contributed by atoms with E-state index in [0.29, 0.717) is 45.5 Å². The van der Waals surface area contributed by atoms with E-state index in [-0.39, 0.29) is 18.5 Å². The summed E-state index contributed by atoms with van der Waals surface area (Å²) < 4.78 is 8.65. The van der Waals surface area contributed by atoms with Crippen molar-refractivity contribution < 1.29 is 14.3 Å². The first-order valence-electron chi connectivity index (χ1n) is 12.8. The second-order valence-electron chi connectivity index (χ2n) is 9.36. The summed E-state index contributed by atoms with van der Waals surface area (Å²) >= 11 is 6.31. The first-order chi connectivity index (χ1) is 18.5. The normalized spacial score (nSPS) is 13.7. The van der Waals surface area contributed by atoms with Crippen molar-refractivity contribution in [2.45, 2.75) is 51.6 Å². The summed E-state index contributed by atoms with van der Waals surface area (Å²) in [6.07, 6.45) is 11.7. The average molecular weight is 536 g/mol. The zero-order valence-corrected chi connectivity index (χ0v) is 22.2. The monoisotopic (exact) mass is 535 g/mol. The number of carbonyl (C=O) groups excluding carboxylic acids is 2. The van der Waals surface area contributed by atoms with Gasteiger partial charge in [-0.25, -0.2) is 9.50 Å². The highest BCUT2D eigenvalue weighted by Crippen LogP contribution is 2.36. The highest BCUT2D eigenvalue weighted by molar-refractivity contribution is 6.31. The molecule has 0 atom stereocenters. The number of anilines is 1. The number of nitrogens with one attached hydrogen (secondary N) is 1. The number of methoxy groups -OCH3 is 1. The van der Waals surface area contributed by atoms with Gasteiger partial charge in [-0.2, -0.15) is 10.2 Å². The van der Waals surface area contributed by atoms with Crippen LogP contribution in [0, 0.1) is 0 Å². The Morgan fingerprint density at radius 3 is 2.84 bits per heavy atom. The molecule has 1 aliphatic rings. The Morgan fingerprint density at radius 1 is 1.26 bits per heavy atom. The number of amides is 2. The molecule has 10 nitrogen and oxygen atoms in total. The fourth-order valence-electron chi connectivity index (χ4n) is 5.03. The smallest absolute Gasteiger partial charge is 0.261 e. The minimum Gasteiger partial charge on any atom is -0.496 e. The predicted molar refractivity (Wildman–Crippen MR) is 144 cm³/mol. The Bertz CT molecular complexity index is 1460. The van der Waals surface area contributed by atoms with Crippen molar-refractivity contribution in [3.63, 3.8) is 0 Å². The number of hydrogen-bond acceptors (Lipinski definition) is 6. The van der Waals surface area contributed by atoms with Gasteiger partial charge >= 0.3 is 0 Å². The lowest BCUT2D eigenvalue weighted by Gasteiger charge is -2.28. The Labute approximate surface area is 225 Å². The van der Waals surface area contributed by atoms with E-state index in [1.165, 1.54) is 10.7 Å². The number of rotatable bonds is 9. The third-order valence-electron chi connectivity index (χ3n) is 6.80. The third kappa shape index (κ3) is 5.22. The largest absolute Gasteiger partial charge is 0.496 e. The van der Waals surface area contributed by atoms with Crippen LogP contribution < -0.4 is 10.1 Å².